The number of hydrogen-bond donors (Lipinski definition) is 2. The first-order valence-corrected chi connectivity index (χ1v) is 6.40. The van der Waals surface area contributed by atoms with Crippen molar-refractivity contribution in [3.8, 4) is 0 Å². The van der Waals surface area contributed by atoms with Crippen LogP contribution >= 0.6 is 0 Å². The van der Waals surface area contributed by atoms with Crippen LogP contribution in [0.4, 0.5) is 28.0 Å². The van der Waals surface area contributed by atoms with Gasteiger partial charge in [0.05, 0.1) is 5.69 Å². The minimum Gasteiger partial charge on any atom is -0.338 e. The summed E-state index contributed by atoms with van der Waals surface area (Å²) in [6.45, 7) is 0.167. The maximum absolute atomic E-state index is 13.4. The van der Waals surface area contributed by atoms with Gasteiger partial charge in [-0.1, -0.05) is 12.1 Å². The van der Waals surface area contributed by atoms with Crippen LogP contribution in [0.3, 0.4) is 0 Å². The van der Waals surface area contributed by atoms with Crippen molar-refractivity contribution in [2.75, 3.05) is 11.9 Å². The van der Waals surface area contributed by atoms with Crippen LogP contribution in [0.15, 0.2) is 36.4 Å². The van der Waals surface area contributed by atoms with E-state index < -0.39 is 29.2 Å². The minimum atomic E-state index is -1.66. The van der Waals surface area contributed by atoms with Crippen LogP contribution in [0.2, 0.25) is 0 Å². The Morgan fingerprint density at radius 3 is 2.50 bits per heavy atom. The number of benzene rings is 2. The fourth-order valence-corrected chi connectivity index (χ4v) is 1.80. The molecule has 0 aliphatic heterocycles. The third-order valence-electron chi connectivity index (χ3n) is 2.87. The number of halogens is 4. The van der Waals surface area contributed by atoms with Gasteiger partial charge in [0.15, 0.2) is 17.5 Å². The van der Waals surface area contributed by atoms with Gasteiger partial charge in [0.1, 0.15) is 5.82 Å². The van der Waals surface area contributed by atoms with Crippen molar-refractivity contribution >= 4 is 11.7 Å². The van der Waals surface area contributed by atoms with E-state index >= 15 is 0 Å². The molecule has 3 nitrogen and oxygen atoms in total. The van der Waals surface area contributed by atoms with Crippen molar-refractivity contribution in [3.05, 3.63) is 65.2 Å². The van der Waals surface area contributed by atoms with E-state index in [1.54, 1.807) is 12.1 Å². The first-order valence-electron chi connectivity index (χ1n) is 6.40. The second-order valence-electron chi connectivity index (χ2n) is 4.48. The highest BCUT2D eigenvalue weighted by molar-refractivity contribution is 5.89. The molecule has 0 saturated heterocycles. The summed E-state index contributed by atoms with van der Waals surface area (Å²) in [5, 5.41) is 4.48. The molecule has 2 aromatic rings. The van der Waals surface area contributed by atoms with Crippen LogP contribution in [-0.2, 0) is 6.42 Å². The van der Waals surface area contributed by atoms with Crippen LogP contribution in [0.1, 0.15) is 5.56 Å². The lowest BCUT2D eigenvalue weighted by Gasteiger charge is -2.09. The van der Waals surface area contributed by atoms with Gasteiger partial charge in [-0.05, 0) is 36.2 Å². The number of amides is 2. The van der Waals surface area contributed by atoms with E-state index in [0.29, 0.717) is 18.1 Å². The molecule has 0 saturated carbocycles. The van der Waals surface area contributed by atoms with Crippen LogP contribution in [0.5, 0.6) is 0 Å². The van der Waals surface area contributed by atoms with Gasteiger partial charge in [-0.25, -0.2) is 22.4 Å². The third-order valence-corrected chi connectivity index (χ3v) is 2.87. The Kier molecular flexibility index (Phi) is 4.98. The van der Waals surface area contributed by atoms with Gasteiger partial charge < -0.3 is 10.6 Å². The SMILES string of the molecule is O=C(NCCc1cccc(F)c1)Nc1ccc(F)c(F)c1F. The lowest BCUT2D eigenvalue weighted by molar-refractivity contribution is 0.252. The predicted octanol–water partition coefficient (Wildman–Crippen LogP) is 3.61. The number of rotatable bonds is 4. The molecule has 2 aromatic carbocycles. The summed E-state index contributed by atoms with van der Waals surface area (Å²) in [4.78, 5) is 11.5. The van der Waals surface area contributed by atoms with Crippen molar-refractivity contribution in [2.24, 2.45) is 0 Å². The molecule has 22 heavy (non-hydrogen) atoms. The largest absolute Gasteiger partial charge is 0.338 e. The first-order chi connectivity index (χ1) is 10.5. The Labute approximate surface area is 124 Å². The lowest BCUT2D eigenvalue weighted by atomic mass is 10.1. The normalized spacial score (nSPS) is 10.4. The highest BCUT2D eigenvalue weighted by Gasteiger charge is 2.14. The zero-order valence-corrected chi connectivity index (χ0v) is 11.3. The molecular formula is C15H12F4N2O. The first kappa shape index (κ1) is 15.8. The summed E-state index contributed by atoms with van der Waals surface area (Å²) in [6.07, 6.45) is 0.367. The van der Waals surface area contributed by atoms with Crippen molar-refractivity contribution in [2.45, 2.75) is 6.42 Å². The number of anilines is 1. The Bertz CT molecular complexity index is 691. The lowest BCUT2D eigenvalue weighted by Crippen LogP contribution is -2.30. The highest BCUT2D eigenvalue weighted by atomic mass is 19.2. The van der Waals surface area contributed by atoms with E-state index in [1.807, 2.05) is 0 Å². The van der Waals surface area contributed by atoms with Crippen molar-refractivity contribution in [3.63, 3.8) is 0 Å². The second-order valence-corrected chi connectivity index (χ2v) is 4.48. The van der Waals surface area contributed by atoms with E-state index in [-0.39, 0.29) is 12.4 Å². The van der Waals surface area contributed by atoms with Gasteiger partial charge in [0.25, 0.3) is 0 Å². The predicted molar refractivity (Wildman–Crippen MR) is 73.4 cm³/mol. The Morgan fingerprint density at radius 2 is 1.77 bits per heavy atom. The molecule has 0 fully saturated rings. The van der Waals surface area contributed by atoms with Crippen molar-refractivity contribution < 1.29 is 22.4 Å². The van der Waals surface area contributed by atoms with E-state index in [4.69, 9.17) is 0 Å². The van der Waals surface area contributed by atoms with E-state index in [9.17, 15) is 22.4 Å². The molecule has 0 atom stereocenters. The fourth-order valence-electron chi connectivity index (χ4n) is 1.80. The molecule has 2 N–H and O–H groups in total. The third kappa shape index (κ3) is 3.97. The Balaban J connectivity index is 1.87. The summed E-state index contributed by atoms with van der Waals surface area (Å²) in [5.41, 5.74) is 0.210. The van der Waals surface area contributed by atoms with Gasteiger partial charge in [0.2, 0.25) is 0 Å². The number of hydrogen-bond acceptors (Lipinski definition) is 1. The van der Waals surface area contributed by atoms with Gasteiger partial charge in [-0.3, -0.25) is 0 Å². The highest BCUT2D eigenvalue weighted by Crippen LogP contribution is 2.19. The van der Waals surface area contributed by atoms with E-state index in [1.165, 1.54) is 12.1 Å². The average molecular weight is 312 g/mol. The minimum absolute atomic E-state index is 0.167. The molecule has 2 amide bonds. The number of carbonyl (C=O) groups excluding carboxylic acids is 1. The average Bonchev–Trinajstić information content (AvgIpc) is 2.48. The maximum Gasteiger partial charge on any atom is 0.319 e. The van der Waals surface area contributed by atoms with Crippen molar-refractivity contribution in [1.82, 2.24) is 5.32 Å². The number of urea groups is 1. The van der Waals surface area contributed by atoms with Crippen LogP contribution in [-0.4, -0.2) is 12.6 Å². The summed E-state index contributed by atoms with van der Waals surface area (Å²) < 4.78 is 52.0. The Hall–Kier alpha value is -2.57. The molecule has 2 rings (SSSR count). The molecule has 0 aliphatic carbocycles. The summed E-state index contributed by atoms with van der Waals surface area (Å²) >= 11 is 0. The second kappa shape index (κ2) is 6.93. The van der Waals surface area contributed by atoms with Gasteiger partial charge in [-0.2, -0.15) is 0 Å². The van der Waals surface area contributed by atoms with E-state index in [0.717, 1.165) is 6.07 Å². The van der Waals surface area contributed by atoms with Gasteiger partial charge in [0, 0.05) is 6.54 Å². The molecule has 0 unspecified atom stereocenters. The van der Waals surface area contributed by atoms with Gasteiger partial charge in [-0.15, -0.1) is 0 Å². The number of nitrogens with one attached hydrogen (secondary N) is 2. The topological polar surface area (TPSA) is 41.1 Å². The van der Waals surface area contributed by atoms with Crippen LogP contribution in [0.25, 0.3) is 0 Å². The quantitative estimate of drug-likeness (QED) is 0.657. The molecule has 0 spiro atoms. The van der Waals surface area contributed by atoms with Crippen molar-refractivity contribution in [1.29, 1.82) is 0 Å². The molecule has 116 valence electrons. The van der Waals surface area contributed by atoms with Crippen LogP contribution in [0, 0.1) is 23.3 Å². The Morgan fingerprint density at radius 1 is 1.00 bits per heavy atom. The van der Waals surface area contributed by atoms with Gasteiger partial charge >= 0.3 is 6.03 Å². The molecule has 7 heteroatoms. The van der Waals surface area contributed by atoms with E-state index in [2.05, 4.69) is 10.6 Å². The summed E-state index contributed by atoms with van der Waals surface area (Å²) in [6, 6.07) is 6.71. The standard InChI is InChI=1S/C15H12F4N2O/c16-10-3-1-2-9(8-10)6-7-20-15(22)21-12-5-4-11(17)13(18)14(12)19/h1-5,8H,6-7H2,(H2,20,21,22). The molecule has 0 bridgehead atoms. The molecule has 0 aliphatic rings. The molecule has 0 heterocycles. The summed E-state index contributed by atoms with van der Waals surface area (Å²) in [5.74, 6) is -4.85. The smallest absolute Gasteiger partial charge is 0.319 e. The monoisotopic (exact) mass is 312 g/mol. The molecular weight excluding hydrogens is 300 g/mol. The van der Waals surface area contributed by atoms with Crippen LogP contribution < -0.4 is 10.6 Å². The molecule has 0 aromatic heterocycles. The molecule has 0 radical (unpaired) electrons. The number of carbonyl (C=O) groups is 1. The zero-order chi connectivity index (χ0) is 16.1. The maximum atomic E-state index is 13.4. The fraction of sp³-hybridized carbons (Fsp3) is 0.133. The zero-order valence-electron chi connectivity index (χ0n) is 11.3. The summed E-state index contributed by atoms with van der Waals surface area (Å²) in [7, 11) is 0.